The molecule has 0 fully saturated rings. The predicted molar refractivity (Wildman–Crippen MR) is 88.8 cm³/mol. The van der Waals surface area contributed by atoms with Gasteiger partial charge in [-0.25, -0.2) is 9.97 Å². The van der Waals surface area contributed by atoms with Crippen molar-refractivity contribution in [3.05, 3.63) is 41.1 Å². The first-order chi connectivity index (χ1) is 11.5. The van der Waals surface area contributed by atoms with Crippen LogP contribution in [0, 0.1) is 0 Å². The Hall–Kier alpha value is -1.80. The molecule has 128 valence electrons. The van der Waals surface area contributed by atoms with Gasteiger partial charge in [0.15, 0.2) is 5.16 Å². The van der Waals surface area contributed by atoms with Gasteiger partial charge in [-0.1, -0.05) is 11.8 Å². The largest absolute Gasteiger partial charge is 0.416 e. The third kappa shape index (κ3) is 3.81. The highest BCUT2D eigenvalue weighted by Crippen LogP contribution is 2.31. The minimum Gasteiger partial charge on any atom is -0.340 e. The molecular formula is C16H17F3N4S. The molecule has 8 heteroatoms. The van der Waals surface area contributed by atoms with E-state index in [4.69, 9.17) is 0 Å². The molecule has 1 aromatic carbocycles. The fourth-order valence-corrected chi connectivity index (χ4v) is 2.98. The van der Waals surface area contributed by atoms with Crippen LogP contribution in [0.3, 0.4) is 0 Å². The van der Waals surface area contributed by atoms with Crippen molar-refractivity contribution >= 4 is 23.3 Å². The summed E-state index contributed by atoms with van der Waals surface area (Å²) in [6.45, 7) is 1.69. The van der Waals surface area contributed by atoms with E-state index in [9.17, 15) is 13.2 Å². The molecule has 3 rings (SSSR count). The molecule has 0 aliphatic carbocycles. The number of alkyl halides is 3. The molecule has 2 aromatic rings. The van der Waals surface area contributed by atoms with Crippen LogP contribution in [0.1, 0.15) is 16.8 Å². The Morgan fingerprint density at radius 2 is 1.79 bits per heavy atom. The van der Waals surface area contributed by atoms with E-state index in [1.54, 1.807) is 0 Å². The normalized spacial score (nSPS) is 14.8. The number of fused-ring (bicyclic) bond motifs is 1. The molecule has 24 heavy (non-hydrogen) atoms. The Bertz CT molecular complexity index is 716. The van der Waals surface area contributed by atoms with E-state index in [0.717, 1.165) is 49.3 Å². The fraction of sp³-hybridized carbons (Fsp3) is 0.375. The topological polar surface area (TPSA) is 49.8 Å². The molecule has 0 saturated heterocycles. The summed E-state index contributed by atoms with van der Waals surface area (Å²) in [6, 6.07) is 4.98. The molecule has 0 amide bonds. The molecule has 1 aromatic heterocycles. The van der Waals surface area contributed by atoms with Gasteiger partial charge in [0.05, 0.1) is 11.3 Å². The van der Waals surface area contributed by atoms with Crippen molar-refractivity contribution in [1.82, 2.24) is 15.3 Å². The first-order valence-electron chi connectivity index (χ1n) is 7.56. The lowest BCUT2D eigenvalue weighted by atomic mass is 10.1. The summed E-state index contributed by atoms with van der Waals surface area (Å²) in [5, 5.41) is 7.13. The summed E-state index contributed by atoms with van der Waals surface area (Å²) in [5.41, 5.74) is 1.93. The Morgan fingerprint density at radius 3 is 2.46 bits per heavy atom. The second-order valence-corrected chi connectivity index (χ2v) is 6.21. The number of aromatic nitrogens is 2. The molecule has 0 unspecified atom stereocenters. The van der Waals surface area contributed by atoms with E-state index < -0.39 is 11.7 Å². The number of anilines is 2. The lowest BCUT2D eigenvalue weighted by Crippen LogP contribution is -2.16. The second-order valence-electron chi connectivity index (χ2n) is 5.43. The highest BCUT2D eigenvalue weighted by molar-refractivity contribution is 7.98. The highest BCUT2D eigenvalue weighted by atomic mass is 32.2. The van der Waals surface area contributed by atoms with Gasteiger partial charge in [-0.05, 0) is 43.5 Å². The number of nitrogens with zero attached hydrogens (tertiary/aromatic N) is 2. The number of hydrogen-bond acceptors (Lipinski definition) is 5. The third-order valence-electron chi connectivity index (χ3n) is 3.82. The van der Waals surface area contributed by atoms with Crippen molar-refractivity contribution in [3.8, 4) is 0 Å². The summed E-state index contributed by atoms with van der Waals surface area (Å²) in [7, 11) is 0. The summed E-state index contributed by atoms with van der Waals surface area (Å²) >= 11 is 1.45. The van der Waals surface area contributed by atoms with Gasteiger partial charge in [0.25, 0.3) is 0 Å². The minimum absolute atomic E-state index is 0.577. The van der Waals surface area contributed by atoms with Crippen LogP contribution in [0.4, 0.5) is 24.7 Å². The van der Waals surface area contributed by atoms with Crippen LogP contribution in [0.5, 0.6) is 0 Å². The van der Waals surface area contributed by atoms with Gasteiger partial charge in [-0.2, -0.15) is 13.2 Å². The van der Waals surface area contributed by atoms with Crippen molar-refractivity contribution in [2.75, 3.05) is 24.7 Å². The molecule has 0 saturated carbocycles. The van der Waals surface area contributed by atoms with Crippen molar-refractivity contribution < 1.29 is 13.2 Å². The monoisotopic (exact) mass is 354 g/mol. The van der Waals surface area contributed by atoms with Gasteiger partial charge in [0, 0.05) is 24.2 Å². The standard InChI is InChI=1S/C16H17F3N4S/c1-24-15-22-13-7-9-20-8-6-12(13)14(23-15)21-11-4-2-10(3-5-11)16(17,18)19/h2-5,20H,6-9H2,1H3,(H,21,22,23). The zero-order valence-electron chi connectivity index (χ0n) is 13.1. The van der Waals surface area contributed by atoms with Crippen LogP contribution in [-0.2, 0) is 19.0 Å². The Balaban J connectivity index is 1.91. The van der Waals surface area contributed by atoms with E-state index in [1.165, 1.54) is 23.9 Å². The summed E-state index contributed by atoms with van der Waals surface area (Å²) in [6.07, 6.45) is -0.832. The maximum Gasteiger partial charge on any atom is 0.416 e. The summed E-state index contributed by atoms with van der Waals surface area (Å²) in [4.78, 5) is 9.07. The fourth-order valence-electron chi connectivity index (χ4n) is 2.60. The van der Waals surface area contributed by atoms with Crippen LogP contribution < -0.4 is 10.6 Å². The first-order valence-corrected chi connectivity index (χ1v) is 8.78. The van der Waals surface area contributed by atoms with Crippen LogP contribution in [-0.4, -0.2) is 29.3 Å². The predicted octanol–water partition coefficient (Wildman–Crippen LogP) is 3.65. The van der Waals surface area contributed by atoms with E-state index in [2.05, 4.69) is 20.6 Å². The number of hydrogen-bond donors (Lipinski definition) is 2. The van der Waals surface area contributed by atoms with E-state index in [1.807, 2.05) is 6.26 Å². The SMILES string of the molecule is CSc1nc2c(c(Nc3ccc(C(F)(F)F)cc3)n1)CCNCC2. The van der Waals surface area contributed by atoms with Crippen molar-refractivity contribution in [1.29, 1.82) is 0 Å². The average molecular weight is 354 g/mol. The van der Waals surface area contributed by atoms with Crippen LogP contribution in [0.25, 0.3) is 0 Å². The molecule has 2 heterocycles. The maximum atomic E-state index is 12.7. The molecule has 4 nitrogen and oxygen atoms in total. The zero-order valence-corrected chi connectivity index (χ0v) is 13.9. The molecule has 2 N–H and O–H groups in total. The third-order valence-corrected chi connectivity index (χ3v) is 4.37. The minimum atomic E-state index is -4.33. The number of halogens is 3. The van der Waals surface area contributed by atoms with Gasteiger partial charge < -0.3 is 10.6 Å². The Kier molecular flexibility index (Phi) is 4.96. The van der Waals surface area contributed by atoms with Crippen LogP contribution in [0.15, 0.2) is 29.4 Å². The number of thioether (sulfide) groups is 1. The lowest BCUT2D eigenvalue weighted by Gasteiger charge is -2.14. The van der Waals surface area contributed by atoms with Gasteiger partial charge >= 0.3 is 6.18 Å². The van der Waals surface area contributed by atoms with E-state index in [-0.39, 0.29) is 0 Å². The Morgan fingerprint density at radius 1 is 1.08 bits per heavy atom. The molecule has 1 aliphatic heterocycles. The summed E-state index contributed by atoms with van der Waals surface area (Å²) in [5.74, 6) is 0.674. The lowest BCUT2D eigenvalue weighted by molar-refractivity contribution is -0.137. The quantitative estimate of drug-likeness (QED) is 0.651. The van der Waals surface area contributed by atoms with Gasteiger partial charge in [-0.15, -0.1) is 0 Å². The molecular weight excluding hydrogens is 337 g/mol. The number of rotatable bonds is 3. The van der Waals surface area contributed by atoms with Gasteiger partial charge in [0.1, 0.15) is 5.82 Å². The van der Waals surface area contributed by atoms with Crippen molar-refractivity contribution in [2.45, 2.75) is 24.2 Å². The molecule has 0 atom stereocenters. The van der Waals surface area contributed by atoms with Gasteiger partial charge in [-0.3, -0.25) is 0 Å². The van der Waals surface area contributed by atoms with E-state index >= 15 is 0 Å². The van der Waals surface area contributed by atoms with E-state index in [0.29, 0.717) is 16.7 Å². The molecule has 0 spiro atoms. The molecule has 1 aliphatic rings. The van der Waals surface area contributed by atoms with Crippen molar-refractivity contribution in [2.24, 2.45) is 0 Å². The number of benzene rings is 1. The second kappa shape index (κ2) is 6.98. The number of nitrogens with one attached hydrogen (secondary N) is 2. The Labute approximate surface area is 142 Å². The highest BCUT2D eigenvalue weighted by Gasteiger charge is 2.30. The molecule has 0 bridgehead atoms. The molecule has 0 radical (unpaired) electrons. The average Bonchev–Trinajstić information content (AvgIpc) is 2.80. The maximum absolute atomic E-state index is 12.7. The van der Waals surface area contributed by atoms with Crippen molar-refractivity contribution in [3.63, 3.8) is 0 Å². The first kappa shape index (κ1) is 17.0. The van der Waals surface area contributed by atoms with Gasteiger partial charge in [0.2, 0.25) is 0 Å². The zero-order chi connectivity index (χ0) is 17.2. The van der Waals surface area contributed by atoms with Crippen LogP contribution in [0.2, 0.25) is 0 Å². The summed E-state index contributed by atoms with van der Waals surface area (Å²) < 4.78 is 38.0. The smallest absolute Gasteiger partial charge is 0.340 e. The van der Waals surface area contributed by atoms with Crippen LogP contribution >= 0.6 is 11.8 Å².